The summed E-state index contributed by atoms with van der Waals surface area (Å²) in [5.41, 5.74) is 0.946. The number of hydrogen-bond acceptors (Lipinski definition) is 9. The molecular formula is C19H18N4O6S. The first-order chi connectivity index (χ1) is 14.4. The highest BCUT2D eigenvalue weighted by Gasteiger charge is 2.25. The van der Waals surface area contributed by atoms with Crippen molar-refractivity contribution in [1.82, 2.24) is 0 Å². The lowest BCUT2D eigenvalue weighted by Crippen LogP contribution is -2.37. The van der Waals surface area contributed by atoms with Crippen molar-refractivity contribution in [2.24, 2.45) is 0 Å². The van der Waals surface area contributed by atoms with Crippen molar-refractivity contribution in [3.8, 4) is 6.07 Å². The number of nitrogens with zero attached hydrogens (tertiary/aromatic N) is 3. The molecule has 0 saturated carbocycles. The van der Waals surface area contributed by atoms with Crippen LogP contribution in [0.2, 0.25) is 0 Å². The molecule has 0 aliphatic carbocycles. The molecule has 1 aliphatic heterocycles. The monoisotopic (exact) mass is 430 g/mol. The fraction of sp³-hybridized carbons (Fsp3) is 0.316. The number of carbonyl (C=O) groups is 2. The number of non-ortho nitro benzene ring substituents is 1. The third kappa shape index (κ3) is 4.10. The molecule has 30 heavy (non-hydrogen) atoms. The van der Waals surface area contributed by atoms with Gasteiger partial charge in [-0.2, -0.15) is 5.26 Å². The normalized spacial score (nSPS) is 13.4. The summed E-state index contributed by atoms with van der Waals surface area (Å²) in [6.07, 6.45) is 0. The van der Waals surface area contributed by atoms with E-state index < -0.39 is 16.8 Å². The molecule has 0 atom stereocenters. The van der Waals surface area contributed by atoms with E-state index in [1.807, 2.05) is 11.0 Å². The molecule has 1 N–H and O–H groups in total. The van der Waals surface area contributed by atoms with E-state index in [1.165, 1.54) is 25.3 Å². The second-order valence-corrected chi connectivity index (χ2v) is 7.40. The van der Waals surface area contributed by atoms with Gasteiger partial charge in [-0.05, 0) is 18.6 Å². The van der Waals surface area contributed by atoms with E-state index in [9.17, 15) is 25.0 Å². The maximum Gasteiger partial charge on any atom is 0.348 e. The van der Waals surface area contributed by atoms with Gasteiger partial charge in [-0.1, -0.05) is 0 Å². The van der Waals surface area contributed by atoms with E-state index in [0.717, 1.165) is 11.3 Å². The van der Waals surface area contributed by atoms with E-state index in [4.69, 9.17) is 9.47 Å². The zero-order chi connectivity index (χ0) is 21.8. The fourth-order valence-electron chi connectivity index (χ4n) is 3.09. The lowest BCUT2D eigenvalue weighted by Gasteiger charge is -2.30. The molecule has 1 fully saturated rings. The van der Waals surface area contributed by atoms with E-state index in [0.29, 0.717) is 37.6 Å². The van der Waals surface area contributed by atoms with Crippen LogP contribution < -0.4 is 10.2 Å². The molecule has 1 saturated heterocycles. The topological polar surface area (TPSA) is 135 Å². The number of nitro groups is 1. The summed E-state index contributed by atoms with van der Waals surface area (Å²) in [5.74, 6) is -1.23. The van der Waals surface area contributed by atoms with Gasteiger partial charge < -0.3 is 19.7 Å². The van der Waals surface area contributed by atoms with Gasteiger partial charge in [0.1, 0.15) is 15.9 Å². The molecule has 2 heterocycles. The van der Waals surface area contributed by atoms with E-state index in [1.54, 1.807) is 6.92 Å². The molecule has 1 aromatic carbocycles. The second-order valence-electron chi connectivity index (χ2n) is 6.38. The smallest absolute Gasteiger partial charge is 0.348 e. The van der Waals surface area contributed by atoms with E-state index in [-0.39, 0.29) is 26.7 Å². The highest BCUT2D eigenvalue weighted by atomic mass is 32.1. The average molecular weight is 430 g/mol. The largest absolute Gasteiger partial charge is 0.465 e. The summed E-state index contributed by atoms with van der Waals surface area (Å²) in [6, 6.07) is 6.05. The number of hydrogen-bond donors (Lipinski definition) is 1. The summed E-state index contributed by atoms with van der Waals surface area (Å²) >= 11 is 0.922. The molecule has 0 bridgehead atoms. The molecule has 1 amide bonds. The number of carbonyl (C=O) groups excluding carboxylic acids is 2. The van der Waals surface area contributed by atoms with Gasteiger partial charge >= 0.3 is 5.97 Å². The number of morpholine rings is 1. The van der Waals surface area contributed by atoms with Crippen LogP contribution in [-0.2, 0) is 9.47 Å². The van der Waals surface area contributed by atoms with Crippen LogP contribution in [-0.4, -0.2) is 50.2 Å². The minimum absolute atomic E-state index is 0.0978. The van der Waals surface area contributed by atoms with Gasteiger partial charge in [0.15, 0.2) is 0 Å². The summed E-state index contributed by atoms with van der Waals surface area (Å²) in [6.45, 7) is 3.61. The molecule has 0 spiro atoms. The van der Waals surface area contributed by atoms with Crippen LogP contribution in [0.1, 0.15) is 31.2 Å². The SMILES string of the molecule is COC(=O)c1sc(NC(=O)c2cc([N+](=O)[O-])ccc2N2CCOCC2)c(C#N)c1C. The number of thiophene rings is 1. The summed E-state index contributed by atoms with van der Waals surface area (Å²) in [7, 11) is 1.23. The predicted molar refractivity (Wildman–Crippen MR) is 109 cm³/mol. The Bertz CT molecular complexity index is 1050. The predicted octanol–water partition coefficient (Wildman–Crippen LogP) is 2.71. The summed E-state index contributed by atoms with van der Waals surface area (Å²) < 4.78 is 10.0. The Morgan fingerprint density at radius 2 is 2.07 bits per heavy atom. The van der Waals surface area contributed by atoms with Gasteiger partial charge in [0.05, 0.1) is 42.1 Å². The molecule has 10 nitrogen and oxygen atoms in total. The van der Waals surface area contributed by atoms with Crippen LogP contribution in [0.3, 0.4) is 0 Å². The lowest BCUT2D eigenvalue weighted by atomic mass is 10.1. The van der Waals surface area contributed by atoms with Gasteiger partial charge in [0.25, 0.3) is 11.6 Å². The number of rotatable bonds is 5. The number of amides is 1. The maximum absolute atomic E-state index is 13.1. The Morgan fingerprint density at radius 3 is 2.67 bits per heavy atom. The van der Waals surface area contributed by atoms with Crippen LogP contribution in [0.25, 0.3) is 0 Å². The number of esters is 1. The molecule has 11 heteroatoms. The van der Waals surface area contributed by atoms with Crippen molar-refractivity contribution < 1.29 is 24.0 Å². The van der Waals surface area contributed by atoms with Crippen molar-refractivity contribution in [3.63, 3.8) is 0 Å². The van der Waals surface area contributed by atoms with Gasteiger partial charge in [0.2, 0.25) is 0 Å². The number of nitrogens with one attached hydrogen (secondary N) is 1. The van der Waals surface area contributed by atoms with Crippen molar-refractivity contribution >= 4 is 39.6 Å². The number of ether oxygens (including phenoxy) is 2. The van der Waals surface area contributed by atoms with Gasteiger partial charge in [-0.15, -0.1) is 11.3 Å². The van der Waals surface area contributed by atoms with Crippen LogP contribution in [0.15, 0.2) is 18.2 Å². The minimum atomic E-state index is -0.616. The molecule has 1 aliphatic rings. The van der Waals surface area contributed by atoms with Crippen LogP contribution in [0, 0.1) is 28.4 Å². The van der Waals surface area contributed by atoms with Crippen molar-refractivity contribution in [3.05, 3.63) is 49.9 Å². The summed E-state index contributed by atoms with van der Waals surface area (Å²) in [5, 5.41) is 23.5. The molecule has 0 unspecified atom stereocenters. The fourth-order valence-corrected chi connectivity index (χ4v) is 4.16. The quantitative estimate of drug-likeness (QED) is 0.435. The number of benzene rings is 1. The molecule has 2 aromatic rings. The molecular weight excluding hydrogens is 412 g/mol. The standard InChI is InChI=1S/C19H18N4O6S/c1-11-14(10-20)18(30-16(11)19(25)28-2)21-17(24)13-9-12(23(26)27)3-4-15(13)22-5-7-29-8-6-22/h3-4,9H,5-8H2,1-2H3,(H,21,24). The number of methoxy groups -OCH3 is 1. The Balaban J connectivity index is 2.00. The molecule has 3 rings (SSSR count). The first kappa shape index (κ1) is 21.2. The highest BCUT2D eigenvalue weighted by Crippen LogP contribution is 2.34. The Labute approximate surface area is 175 Å². The minimum Gasteiger partial charge on any atom is -0.465 e. The Morgan fingerprint density at radius 1 is 1.37 bits per heavy atom. The zero-order valence-electron chi connectivity index (χ0n) is 16.3. The van der Waals surface area contributed by atoms with Crippen molar-refractivity contribution in [2.45, 2.75) is 6.92 Å². The highest BCUT2D eigenvalue weighted by molar-refractivity contribution is 7.18. The van der Waals surface area contributed by atoms with Gasteiger partial charge in [-0.3, -0.25) is 14.9 Å². The lowest BCUT2D eigenvalue weighted by molar-refractivity contribution is -0.384. The third-order valence-electron chi connectivity index (χ3n) is 4.64. The Hall–Kier alpha value is -3.49. The van der Waals surface area contributed by atoms with E-state index in [2.05, 4.69) is 5.32 Å². The first-order valence-corrected chi connectivity index (χ1v) is 9.73. The average Bonchev–Trinajstić information content (AvgIpc) is 3.08. The molecule has 1 aromatic heterocycles. The number of nitriles is 1. The van der Waals surface area contributed by atoms with Crippen molar-refractivity contribution in [1.29, 1.82) is 5.26 Å². The second kappa shape index (κ2) is 8.89. The molecule has 0 radical (unpaired) electrons. The summed E-state index contributed by atoms with van der Waals surface area (Å²) in [4.78, 5) is 37.8. The number of anilines is 2. The molecule has 156 valence electrons. The van der Waals surface area contributed by atoms with Crippen molar-refractivity contribution in [2.75, 3.05) is 43.6 Å². The van der Waals surface area contributed by atoms with Crippen LogP contribution in [0.4, 0.5) is 16.4 Å². The zero-order valence-corrected chi connectivity index (χ0v) is 17.1. The maximum atomic E-state index is 13.1. The third-order valence-corrected chi connectivity index (χ3v) is 5.83. The van der Waals surface area contributed by atoms with Gasteiger partial charge in [0, 0.05) is 25.2 Å². The van der Waals surface area contributed by atoms with Crippen LogP contribution >= 0.6 is 11.3 Å². The number of nitro benzene ring substituents is 1. The first-order valence-electron chi connectivity index (χ1n) is 8.91. The Kier molecular flexibility index (Phi) is 6.29. The van der Waals surface area contributed by atoms with Gasteiger partial charge in [-0.25, -0.2) is 4.79 Å². The van der Waals surface area contributed by atoms with Crippen LogP contribution in [0.5, 0.6) is 0 Å². The van der Waals surface area contributed by atoms with E-state index >= 15 is 0 Å².